The van der Waals surface area contributed by atoms with E-state index in [-0.39, 0.29) is 0 Å². The van der Waals surface area contributed by atoms with Gasteiger partial charge in [-0.25, -0.2) is 0 Å². The Labute approximate surface area is 154 Å². The van der Waals surface area contributed by atoms with Gasteiger partial charge in [0.15, 0.2) is 5.82 Å². The molecule has 0 saturated heterocycles. The minimum Gasteiger partial charge on any atom is -0.496 e. The van der Waals surface area contributed by atoms with Gasteiger partial charge in [0.25, 0.3) is 0 Å². The van der Waals surface area contributed by atoms with Crippen molar-refractivity contribution < 1.29 is 9.47 Å². The summed E-state index contributed by atoms with van der Waals surface area (Å²) in [5.41, 5.74) is 0.994. The van der Waals surface area contributed by atoms with Gasteiger partial charge < -0.3 is 9.47 Å². The van der Waals surface area contributed by atoms with E-state index in [2.05, 4.69) is 15.3 Å². The smallest absolute Gasteiger partial charge is 0.235 e. The lowest BCUT2D eigenvalue weighted by Gasteiger charge is -2.03. The van der Waals surface area contributed by atoms with Crippen molar-refractivity contribution in [1.29, 1.82) is 0 Å². The summed E-state index contributed by atoms with van der Waals surface area (Å²) in [6.45, 7) is 0.310. The zero-order valence-corrected chi connectivity index (χ0v) is 14.9. The van der Waals surface area contributed by atoms with Crippen LogP contribution in [0, 0.1) is 0 Å². The molecule has 0 spiro atoms. The van der Waals surface area contributed by atoms with Crippen molar-refractivity contribution in [2.75, 3.05) is 7.11 Å². The Bertz CT molecular complexity index is 1040. The first-order chi connectivity index (χ1) is 12.8. The fraction of sp³-hybridized carbons (Fsp3) is 0.105. The predicted molar refractivity (Wildman–Crippen MR) is 101 cm³/mol. The molecule has 0 aliphatic heterocycles. The molecule has 2 heterocycles. The average molecular weight is 364 g/mol. The zero-order chi connectivity index (χ0) is 17.8. The molecule has 2 aromatic carbocycles. The lowest BCUT2D eigenvalue weighted by molar-refractivity contribution is 0.292. The van der Waals surface area contributed by atoms with E-state index in [1.54, 1.807) is 11.6 Å². The average Bonchev–Trinajstić information content (AvgIpc) is 3.26. The summed E-state index contributed by atoms with van der Waals surface area (Å²) in [7, 11) is 1.66. The fourth-order valence-electron chi connectivity index (χ4n) is 2.46. The van der Waals surface area contributed by atoms with Gasteiger partial charge >= 0.3 is 0 Å². The molecule has 0 amide bonds. The molecular formula is C19H16N4O2S. The minimum atomic E-state index is 0.310. The Morgan fingerprint density at radius 1 is 1.00 bits per heavy atom. The van der Waals surface area contributed by atoms with E-state index in [4.69, 9.17) is 9.47 Å². The maximum Gasteiger partial charge on any atom is 0.235 e. The predicted octanol–water partition coefficient (Wildman–Crippen LogP) is 3.94. The number of hydrogen-bond donors (Lipinski definition) is 0. The number of benzene rings is 2. The third-order valence-electron chi connectivity index (χ3n) is 3.73. The van der Waals surface area contributed by atoms with Gasteiger partial charge in [-0.3, -0.25) is 0 Å². The number of hydrogen-bond acceptors (Lipinski definition) is 6. The first-order valence-corrected chi connectivity index (χ1v) is 8.85. The fourth-order valence-corrected chi connectivity index (χ4v) is 3.22. The van der Waals surface area contributed by atoms with Crippen LogP contribution in [0.15, 0.2) is 54.6 Å². The molecule has 0 N–H and O–H groups in total. The van der Waals surface area contributed by atoms with Gasteiger partial charge in [0.2, 0.25) is 4.96 Å². The molecule has 0 aliphatic carbocycles. The second-order valence-electron chi connectivity index (χ2n) is 5.43. The van der Waals surface area contributed by atoms with Crippen molar-refractivity contribution in [3.63, 3.8) is 0 Å². The molecule has 0 radical (unpaired) electrons. The van der Waals surface area contributed by atoms with Gasteiger partial charge in [-0.05, 0) is 30.4 Å². The standard InChI is InChI=1S/C19H16N4O2S/c1-24-16-10-6-5-7-14(16)11-12-18-22-23-17(20-21-19(23)26-18)13-25-15-8-3-2-4-9-15/h2-12H,13H2,1H3/b12-11+. The molecule has 26 heavy (non-hydrogen) atoms. The van der Waals surface area contributed by atoms with Crippen LogP contribution in [0.5, 0.6) is 11.5 Å². The first kappa shape index (κ1) is 16.3. The molecular weight excluding hydrogens is 348 g/mol. The molecule has 4 aromatic rings. The van der Waals surface area contributed by atoms with Crippen LogP contribution in [0.1, 0.15) is 16.4 Å². The second kappa shape index (κ2) is 7.37. The lowest BCUT2D eigenvalue weighted by atomic mass is 10.2. The summed E-state index contributed by atoms with van der Waals surface area (Å²) < 4.78 is 12.8. The largest absolute Gasteiger partial charge is 0.496 e. The third kappa shape index (κ3) is 3.43. The first-order valence-electron chi connectivity index (χ1n) is 8.03. The molecule has 2 aromatic heterocycles. The van der Waals surface area contributed by atoms with E-state index in [9.17, 15) is 0 Å². The van der Waals surface area contributed by atoms with E-state index in [1.807, 2.05) is 66.7 Å². The van der Waals surface area contributed by atoms with Crippen molar-refractivity contribution in [3.05, 3.63) is 71.0 Å². The van der Waals surface area contributed by atoms with Gasteiger partial charge in [-0.15, -0.1) is 10.2 Å². The highest BCUT2D eigenvalue weighted by molar-refractivity contribution is 7.17. The van der Waals surface area contributed by atoms with Crippen LogP contribution in [0.25, 0.3) is 17.1 Å². The molecule has 4 rings (SSSR count). The summed E-state index contributed by atoms with van der Waals surface area (Å²) in [4.78, 5) is 0.733. The van der Waals surface area contributed by atoms with E-state index in [0.717, 1.165) is 27.0 Å². The molecule has 0 fully saturated rings. The molecule has 0 atom stereocenters. The molecule has 0 saturated carbocycles. The minimum absolute atomic E-state index is 0.310. The van der Waals surface area contributed by atoms with E-state index >= 15 is 0 Å². The highest BCUT2D eigenvalue weighted by Crippen LogP contribution is 2.22. The van der Waals surface area contributed by atoms with Crippen molar-refractivity contribution in [1.82, 2.24) is 19.8 Å². The Balaban J connectivity index is 1.53. The van der Waals surface area contributed by atoms with Gasteiger partial charge in [-0.1, -0.05) is 47.7 Å². The summed E-state index contributed by atoms with van der Waals surface area (Å²) in [6, 6.07) is 17.4. The van der Waals surface area contributed by atoms with Crippen molar-refractivity contribution in [2.24, 2.45) is 0 Å². The van der Waals surface area contributed by atoms with Crippen LogP contribution < -0.4 is 9.47 Å². The summed E-state index contributed by atoms with van der Waals surface area (Å²) in [5, 5.41) is 13.7. The molecule has 7 heteroatoms. The second-order valence-corrected chi connectivity index (χ2v) is 6.42. The summed E-state index contributed by atoms with van der Waals surface area (Å²) in [6.07, 6.45) is 3.92. The zero-order valence-electron chi connectivity index (χ0n) is 14.1. The van der Waals surface area contributed by atoms with Crippen LogP contribution in [0.2, 0.25) is 0 Å². The Kier molecular flexibility index (Phi) is 4.61. The molecule has 0 unspecified atom stereocenters. The SMILES string of the molecule is COc1ccccc1/C=C/c1nn2c(COc3ccccc3)nnc2s1. The molecule has 0 aliphatic rings. The number of aromatic nitrogens is 4. The third-order valence-corrected chi connectivity index (χ3v) is 4.59. The Hall–Kier alpha value is -3.19. The summed E-state index contributed by atoms with van der Waals surface area (Å²) in [5.74, 6) is 2.27. The van der Waals surface area contributed by atoms with Crippen LogP contribution in [0.4, 0.5) is 0 Å². The van der Waals surface area contributed by atoms with E-state index < -0.39 is 0 Å². The highest BCUT2D eigenvalue weighted by Gasteiger charge is 2.11. The Morgan fingerprint density at radius 2 is 1.81 bits per heavy atom. The van der Waals surface area contributed by atoms with Crippen LogP contribution in [-0.2, 0) is 6.61 Å². The number of rotatable bonds is 6. The molecule has 0 bridgehead atoms. The number of fused-ring (bicyclic) bond motifs is 1. The van der Waals surface area contributed by atoms with E-state index in [1.165, 1.54) is 11.3 Å². The quantitative estimate of drug-likeness (QED) is 0.518. The van der Waals surface area contributed by atoms with E-state index in [0.29, 0.717) is 12.4 Å². The summed E-state index contributed by atoms with van der Waals surface area (Å²) >= 11 is 1.47. The van der Waals surface area contributed by atoms with Crippen molar-refractivity contribution >= 4 is 28.4 Å². The number of methoxy groups -OCH3 is 1. The van der Waals surface area contributed by atoms with Crippen LogP contribution >= 0.6 is 11.3 Å². The number of ether oxygens (including phenoxy) is 2. The van der Waals surface area contributed by atoms with Gasteiger partial charge in [-0.2, -0.15) is 9.61 Å². The van der Waals surface area contributed by atoms with Gasteiger partial charge in [0.1, 0.15) is 23.1 Å². The highest BCUT2D eigenvalue weighted by atomic mass is 32.1. The normalized spacial score (nSPS) is 11.3. The molecule has 6 nitrogen and oxygen atoms in total. The lowest BCUT2D eigenvalue weighted by Crippen LogP contribution is -2.02. The van der Waals surface area contributed by atoms with Crippen molar-refractivity contribution in [3.8, 4) is 11.5 Å². The maximum atomic E-state index is 5.73. The van der Waals surface area contributed by atoms with Crippen LogP contribution in [0.3, 0.4) is 0 Å². The van der Waals surface area contributed by atoms with Gasteiger partial charge in [0.05, 0.1) is 7.11 Å². The monoisotopic (exact) mass is 364 g/mol. The van der Waals surface area contributed by atoms with Gasteiger partial charge in [0, 0.05) is 5.56 Å². The van der Waals surface area contributed by atoms with Crippen molar-refractivity contribution in [2.45, 2.75) is 6.61 Å². The topological polar surface area (TPSA) is 61.5 Å². The maximum absolute atomic E-state index is 5.73. The number of nitrogens with zero attached hydrogens (tertiary/aromatic N) is 4. The number of para-hydroxylation sites is 2. The Morgan fingerprint density at radius 3 is 2.65 bits per heavy atom. The van der Waals surface area contributed by atoms with Crippen LogP contribution in [-0.4, -0.2) is 26.9 Å². The molecule has 130 valence electrons.